The summed E-state index contributed by atoms with van der Waals surface area (Å²) in [6, 6.07) is 0.260. The lowest BCUT2D eigenvalue weighted by molar-refractivity contribution is 0.253. The van der Waals surface area contributed by atoms with Crippen molar-refractivity contribution < 1.29 is 0 Å². The van der Waals surface area contributed by atoms with Gasteiger partial charge >= 0.3 is 0 Å². The molecule has 1 saturated carbocycles. The molecule has 1 fully saturated rings. The summed E-state index contributed by atoms with van der Waals surface area (Å²) in [5, 5.41) is 7.23. The molecule has 0 aliphatic heterocycles. The second kappa shape index (κ2) is 4.67. The molecule has 2 unspecified atom stereocenters. The number of pyridine rings is 1. The predicted octanol–water partition coefficient (Wildman–Crippen LogP) is 2.82. The molecule has 0 spiro atoms. The highest BCUT2D eigenvalue weighted by atomic mass is 79.9. The third-order valence-corrected chi connectivity index (χ3v) is 4.76. The van der Waals surface area contributed by atoms with Gasteiger partial charge in [-0.25, -0.2) is 0 Å². The summed E-state index contributed by atoms with van der Waals surface area (Å²) in [4.78, 5) is 12.6. The number of nitrogens with zero attached hydrogens (tertiary/aromatic N) is 2. The van der Waals surface area contributed by atoms with Crippen LogP contribution in [0, 0.1) is 5.92 Å². The van der Waals surface area contributed by atoms with E-state index in [-0.39, 0.29) is 17.4 Å². The van der Waals surface area contributed by atoms with Crippen molar-refractivity contribution in [2.45, 2.75) is 38.6 Å². The van der Waals surface area contributed by atoms with Gasteiger partial charge in [-0.3, -0.25) is 9.89 Å². The van der Waals surface area contributed by atoms with Crippen molar-refractivity contribution in [2.75, 3.05) is 5.73 Å². The molecule has 3 N–H and O–H groups in total. The van der Waals surface area contributed by atoms with Crippen molar-refractivity contribution in [3.63, 3.8) is 0 Å². The van der Waals surface area contributed by atoms with Crippen LogP contribution < -0.4 is 11.3 Å². The van der Waals surface area contributed by atoms with Crippen LogP contribution in [0.15, 0.2) is 15.5 Å². The maximum atomic E-state index is 12.6. The predicted molar refractivity (Wildman–Crippen MR) is 79.1 cm³/mol. The highest BCUT2D eigenvalue weighted by Gasteiger charge is 2.25. The summed E-state index contributed by atoms with van der Waals surface area (Å²) in [6.07, 6.45) is 6.53. The second-order valence-corrected chi connectivity index (χ2v) is 6.23. The number of hydrogen-bond donors (Lipinski definition) is 2. The van der Waals surface area contributed by atoms with Crippen LogP contribution in [-0.4, -0.2) is 14.8 Å². The molecule has 0 saturated heterocycles. The van der Waals surface area contributed by atoms with E-state index in [1.54, 1.807) is 0 Å². The Kier molecular flexibility index (Phi) is 3.12. The molecule has 0 amide bonds. The first-order valence-electron chi connectivity index (χ1n) is 6.63. The maximum Gasteiger partial charge on any atom is 0.264 e. The highest BCUT2D eigenvalue weighted by molar-refractivity contribution is 9.10. The number of aromatic nitrogens is 3. The van der Waals surface area contributed by atoms with Gasteiger partial charge in [0, 0.05) is 12.2 Å². The molecule has 2 heterocycles. The summed E-state index contributed by atoms with van der Waals surface area (Å²) in [7, 11) is 0. The van der Waals surface area contributed by atoms with Crippen molar-refractivity contribution in [2.24, 2.45) is 5.92 Å². The third-order valence-electron chi connectivity index (χ3n) is 4.16. The van der Waals surface area contributed by atoms with Gasteiger partial charge in [0.2, 0.25) is 0 Å². The Bertz CT molecular complexity index is 675. The zero-order valence-corrected chi connectivity index (χ0v) is 12.4. The summed E-state index contributed by atoms with van der Waals surface area (Å²) in [6.45, 7) is 2.22. The fraction of sp³-hybridized carbons (Fsp3) is 0.538. The number of hydrogen-bond acceptors (Lipinski definition) is 3. The van der Waals surface area contributed by atoms with Crippen LogP contribution >= 0.6 is 15.9 Å². The van der Waals surface area contributed by atoms with Crippen LogP contribution in [0.1, 0.15) is 38.6 Å². The average Bonchev–Trinajstić information content (AvgIpc) is 2.78. The van der Waals surface area contributed by atoms with Crippen molar-refractivity contribution in [3.05, 3.63) is 21.0 Å². The molecule has 19 heavy (non-hydrogen) atoms. The molecule has 3 rings (SSSR count). The number of halogens is 1. The Morgan fingerprint density at radius 2 is 2.21 bits per heavy atom. The van der Waals surface area contributed by atoms with E-state index in [2.05, 4.69) is 33.1 Å². The Labute approximate surface area is 119 Å². The number of rotatable bonds is 1. The standard InChI is InChI=1S/C13H17BrN4O/c1-7-4-2-3-5-9(7)18-6-8(14)11-10(13(18)19)12(15)17-16-11/h6-7,9H,2-5H2,1H3,(H3,15,16,17). The number of nitrogens with one attached hydrogen (secondary N) is 1. The summed E-state index contributed by atoms with van der Waals surface area (Å²) in [5.41, 5.74) is 6.45. The lowest BCUT2D eigenvalue weighted by atomic mass is 9.85. The normalized spacial score (nSPS) is 23.9. The number of aromatic amines is 1. The Morgan fingerprint density at radius 3 is 2.95 bits per heavy atom. The Hall–Kier alpha value is -1.30. The fourth-order valence-corrected chi connectivity index (χ4v) is 3.58. The summed E-state index contributed by atoms with van der Waals surface area (Å²) < 4.78 is 2.67. The van der Waals surface area contributed by atoms with E-state index in [0.29, 0.717) is 16.8 Å². The van der Waals surface area contributed by atoms with E-state index in [1.165, 1.54) is 19.3 Å². The monoisotopic (exact) mass is 324 g/mol. The van der Waals surface area contributed by atoms with Crippen molar-refractivity contribution in [3.8, 4) is 0 Å². The van der Waals surface area contributed by atoms with Crippen molar-refractivity contribution in [1.29, 1.82) is 0 Å². The van der Waals surface area contributed by atoms with Crippen LogP contribution in [0.25, 0.3) is 10.9 Å². The van der Waals surface area contributed by atoms with Gasteiger partial charge < -0.3 is 10.3 Å². The van der Waals surface area contributed by atoms with E-state index < -0.39 is 0 Å². The topological polar surface area (TPSA) is 76.7 Å². The molecule has 6 heteroatoms. The van der Waals surface area contributed by atoms with Crippen molar-refractivity contribution >= 4 is 32.7 Å². The molecule has 0 radical (unpaired) electrons. The molecule has 2 aromatic heterocycles. The molecule has 1 aliphatic rings. The molecule has 102 valence electrons. The van der Waals surface area contributed by atoms with E-state index in [1.807, 2.05) is 10.8 Å². The minimum Gasteiger partial charge on any atom is -0.382 e. The minimum absolute atomic E-state index is 0.0387. The van der Waals surface area contributed by atoms with Gasteiger partial charge in [0.15, 0.2) is 5.82 Å². The minimum atomic E-state index is -0.0387. The van der Waals surface area contributed by atoms with Gasteiger partial charge in [-0.05, 0) is 34.7 Å². The number of fused-ring (bicyclic) bond motifs is 1. The lowest BCUT2D eigenvalue weighted by Gasteiger charge is -2.30. The van der Waals surface area contributed by atoms with Gasteiger partial charge in [-0.1, -0.05) is 19.8 Å². The zero-order chi connectivity index (χ0) is 13.6. The van der Waals surface area contributed by atoms with Crippen LogP contribution in [0.5, 0.6) is 0 Å². The Morgan fingerprint density at radius 1 is 1.47 bits per heavy atom. The first-order chi connectivity index (χ1) is 9.09. The van der Waals surface area contributed by atoms with Crippen molar-refractivity contribution in [1.82, 2.24) is 14.8 Å². The zero-order valence-electron chi connectivity index (χ0n) is 10.8. The summed E-state index contributed by atoms with van der Waals surface area (Å²) in [5.74, 6) is 0.794. The Balaban J connectivity index is 2.21. The van der Waals surface area contributed by atoms with Gasteiger partial charge in [0.05, 0.1) is 9.99 Å². The number of nitrogen functional groups attached to an aromatic ring is 1. The molecule has 5 nitrogen and oxygen atoms in total. The van der Waals surface area contributed by atoms with Gasteiger partial charge in [-0.15, -0.1) is 0 Å². The summed E-state index contributed by atoms with van der Waals surface area (Å²) >= 11 is 3.50. The van der Waals surface area contributed by atoms with Gasteiger partial charge in [-0.2, -0.15) is 5.10 Å². The average molecular weight is 325 g/mol. The largest absolute Gasteiger partial charge is 0.382 e. The lowest BCUT2D eigenvalue weighted by Crippen LogP contribution is -2.30. The first-order valence-corrected chi connectivity index (χ1v) is 7.43. The smallest absolute Gasteiger partial charge is 0.264 e. The van der Waals surface area contributed by atoms with Crippen LogP contribution in [0.2, 0.25) is 0 Å². The number of nitrogens with two attached hydrogens (primary N) is 1. The molecule has 1 aliphatic carbocycles. The number of anilines is 1. The van der Waals surface area contributed by atoms with Crippen LogP contribution in [0.4, 0.5) is 5.82 Å². The molecule has 0 bridgehead atoms. The van der Waals surface area contributed by atoms with E-state index in [9.17, 15) is 4.79 Å². The third kappa shape index (κ3) is 1.98. The van der Waals surface area contributed by atoms with Crippen LogP contribution in [0.3, 0.4) is 0 Å². The van der Waals surface area contributed by atoms with Gasteiger partial charge in [0.25, 0.3) is 5.56 Å². The fourth-order valence-electron chi connectivity index (χ4n) is 3.08. The van der Waals surface area contributed by atoms with E-state index in [4.69, 9.17) is 5.73 Å². The highest BCUT2D eigenvalue weighted by Crippen LogP contribution is 2.34. The number of H-pyrrole nitrogens is 1. The molecule has 0 aromatic carbocycles. The van der Waals surface area contributed by atoms with Gasteiger partial charge in [0.1, 0.15) is 5.39 Å². The maximum absolute atomic E-state index is 12.6. The van der Waals surface area contributed by atoms with E-state index in [0.717, 1.165) is 10.9 Å². The quantitative estimate of drug-likeness (QED) is 0.846. The molecule has 2 atom stereocenters. The molecule has 2 aromatic rings. The SMILES string of the molecule is CC1CCCCC1n1cc(Br)c2[nH]nc(N)c2c1=O. The molecular formula is C13H17BrN4O. The van der Waals surface area contributed by atoms with Crippen LogP contribution in [-0.2, 0) is 0 Å². The van der Waals surface area contributed by atoms with E-state index >= 15 is 0 Å². The second-order valence-electron chi connectivity index (χ2n) is 5.38. The molecular weight excluding hydrogens is 308 g/mol. The first kappa shape index (κ1) is 12.7.